The van der Waals surface area contributed by atoms with E-state index in [9.17, 15) is 0 Å². The molecule has 0 spiro atoms. The molecule has 0 bridgehead atoms. The van der Waals surface area contributed by atoms with Gasteiger partial charge in [-0.2, -0.15) is 0 Å². The number of nitrogens with one attached hydrogen (secondary N) is 1. The Balaban J connectivity index is 2.49. The van der Waals surface area contributed by atoms with Crippen LogP contribution in [0.25, 0.3) is 0 Å². The molecule has 0 unspecified atom stereocenters. The SMILES string of the molecule is COCCCCOc1cccc(Cl)c1CNCC(C)C. The average Bonchev–Trinajstić information content (AvgIpc) is 2.41. The highest BCUT2D eigenvalue weighted by atomic mass is 35.5. The van der Waals surface area contributed by atoms with Gasteiger partial charge in [0.25, 0.3) is 0 Å². The van der Waals surface area contributed by atoms with Gasteiger partial charge in [-0.05, 0) is 37.4 Å². The lowest BCUT2D eigenvalue weighted by Crippen LogP contribution is -2.19. The maximum Gasteiger partial charge on any atom is 0.125 e. The zero-order valence-electron chi connectivity index (χ0n) is 12.7. The molecule has 20 heavy (non-hydrogen) atoms. The Bertz CT molecular complexity index is 383. The molecule has 0 saturated carbocycles. The Kier molecular flexibility index (Phi) is 8.67. The summed E-state index contributed by atoms with van der Waals surface area (Å²) in [6, 6.07) is 5.82. The van der Waals surface area contributed by atoms with E-state index in [0.717, 1.165) is 48.9 Å². The van der Waals surface area contributed by atoms with Gasteiger partial charge < -0.3 is 14.8 Å². The molecule has 0 atom stereocenters. The van der Waals surface area contributed by atoms with Crippen LogP contribution in [0, 0.1) is 5.92 Å². The summed E-state index contributed by atoms with van der Waals surface area (Å²) < 4.78 is 10.9. The minimum absolute atomic E-state index is 0.621. The summed E-state index contributed by atoms with van der Waals surface area (Å²) >= 11 is 6.27. The van der Waals surface area contributed by atoms with Crippen LogP contribution in [0.4, 0.5) is 0 Å². The molecule has 0 heterocycles. The summed E-state index contributed by atoms with van der Waals surface area (Å²) in [6.07, 6.45) is 2.00. The molecular formula is C16H26ClNO2. The molecule has 0 radical (unpaired) electrons. The van der Waals surface area contributed by atoms with Gasteiger partial charge in [0, 0.05) is 30.8 Å². The molecule has 0 fully saturated rings. The lowest BCUT2D eigenvalue weighted by atomic mass is 10.1. The Morgan fingerprint density at radius 2 is 1.95 bits per heavy atom. The van der Waals surface area contributed by atoms with Gasteiger partial charge in [-0.3, -0.25) is 0 Å². The van der Waals surface area contributed by atoms with Gasteiger partial charge in [-0.25, -0.2) is 0 Å². The van der Waals surface area contributed by atoms with Crippen molar-refractivity contribution in [2.45, 2.75) is 33.2 Å². The Hall–Kier alpha value is -0.770. The lowest BCUT2D eigenvalue weighted by Gasteiger charge is -2.14. The third kappa shape index (κ3) is 6.60. The van der Waals surface area contributed by atoms with Crippen molar-refractivity contribution in [2.24, 2.45) is 5.92 Å². The van der Waals surface area contributed by atoms with Crippen LogP contribution >= 0.6 is 11.6 Å². The first-order valence-corrected chi connectivity index (χ1v) is 7.62. The van der Waals surface area contributed by atoms with Crippen molar-refractivity contribution in [3.8, 4) is 5.75 Å². The van der Waals surface area contributed by atoms with Crippen LogP contribution < -0.4 is 10.1 Å². The molecule has 0 amide bonds. The molecule has 0 aromatic heterocycles. The van der Waals surface area contributed by atoms with Crippen LogP contribution in [0.15, 0.2) is 18.2 Å². The van der Waals surface area contributed by atoms with E-state index in [2.05, 4.69) is 19.2 Å². The highest BCUT2D eigenvalue weighted by molar-refractivity contribution is 6.31. The molecule has 1 aromatic rings. The minimum Gasteiger partial charge on any atom is -0.493 e. The van der Waals surface area contributed by atoms with Gasteiger partial charge in [0.2, 0.25) is 0 Å². The number of hydrogen-bond acceptors (Lipinski definition) is 3. The number of ether oxygens (including phenoxy) is 2. The number of halogens is 1. The molecule has 3 nitrogen and oxygen atoms in total. The Morgan fingerprint density at radius 1 is 1.20 bits per heavy atom. The number of methoxy groups -OCH3 is 1. The second kappa shape index (κ2) is 10.0. The molecule has 114 valence electrons. The van der Waals surface area contributed by atoms with Crippen LogP contribution in [0.5, 0.6) is 5.75 Å². The Labute approximate surface area is 127 Å². The van der Waals surface area contributed by atoms with Gasteiger partial charge in [0.15, 0.2) is 0 Å². The fraction of sp³-hybridized carbons (Fsp3) is 0.625. The smallest absolute Gasteiger partial charge is 0.125 e. The van der Waals surface area contributed by atoms with E-state index >= 15 is 0 Å². The van der Waals surface area contributed by atoms with Crippen LogP contribution in [0.1, 0.15) is 32.3 Å². The van der Waals surface area contributed by atoms with Crippen LogP contribution in [0.3, 0.4) is 0 Å². The molecule has 0 saturated heterocycles. The molecule has 0 aliphatic heterocycles. The second-order valence-corrected chi connectivity index (χ2v) is 5.70. The van der Waals surface area contributed by atoms with Crippen molar-refractivity contribution in [3.63, 3.8) is 0 Å². The molecule has 0 aliphatic rings. The zero-order chi connectivity index (χ0) is 14.8. The summed E-state index contributed by atoms with van der Waals surface area (Å²) in [7, 11) is 1.72. The quantitative estimate of drug-likeness (QED) is 0.665. The van der Waals surface area contributed by atoms with Crippen LogP contribution in [-0.4, -0.2) is 26.9 Å². The van der Waals surface area contributed by atoms with Gasteiger partial charge >= 0.3 is 0 Å². The minimum atomic E-state index is 0.621. The fourth-order valence-corrected chi connectivity index (χ4v) is 2.09. The molecule has 1 rings (SSSR count). The first-order valence-electron chi connectivity index (χ1n) is 7.25. The molecule has 0 aliphatic carbocycles. The number of rotatable bonds is 10. The van der Waals surface area contributed by atoms with Crippen molar-refractivity contribution in [2.75, 3.05) is 26.9 Å². The summed E-state index contributed by atoms with van der Waals surface area (Å²) in [4.78, 5) is 0. The van der Waals surface area contributed by atoms with Crippen molar-refractivity contribution >= 4 is 11.6 Å². The van der Waals surface area contributed by atoms with Gasteiger partial charge in [0.1, 0.15) is 5.75 Å². The van der Waals surface area contributed by atoms with E-state index in [4.69, 9.17) is 21.1 Å². The third-order valence-electron chi connectivity index (χ3n) is 2.93. The average molecular weight is 300 g/mol. The third-order valence-corrected chi connectivity index (χ3v) is 3.28. The monoisotopic (exact) mass is 299 g/mol. The van der Waals surface area contributed by atoms with Crippen molar-refractivity contribution < 1.29 is 9.47 Å². The van der Waals surface area contributed by atoms with Crippen molar-refractivity contribution in [3.05, 3.63) is 28.8 Å². The van der Waals surface area contributed by atoms with E-state index in [0.29, 0.717) is 12.5 Å². The van der Waals surface area contributed by atoms with E-state index in [1.165, 1.54) is 0 Å². The maximum absolute atomic E-state index is 6.27. The van der Waals surface area contributed by atoms with E-state index < -0.39 is 0 Å². The second-order valence-electron chi connectivity index (χ2n) is 5.29. The zero-order valence-corrected chi connectivity index (χ0v) is 13.5. The molecule has 1 N–H and O–H groups in total. The summed E-state index contributed by atoms with van der Waals surface area (Å²) in [5.74, 6) is 1.50. The largest absolute Gasteiger partial charge is 0.493 e. The van der Waals surface area contributed by atoms with Crippen LogP contribution in [-0.2, 0) is 11.3 Å². The topological polar surface area (TPSA) is 30.5 Å². The van der Waals surface area contributed by atoms with Gasteiger partial charge in [-0.15, -0.1) is 0 Å². The predicted octanol–water partition coefficient (Wildman–Crippen LogP) is 3.89. The predicted molar refractivity (Wildman–Crippen MR) is 84.6 cm³/mol. The first kappa shape index (κ1) is 17.3. The molecular weight excluding hydrogens is 274 g/mol. The van der Waals surface area contributed by atoms with Gasteiger partial charge in [-0.1, -0.05) is 31.5 Å². The molecule has 4 heteroatoms. The number of benzene rings is 1. The summed E-state index contributed by atoms with van der Waals surface area (Å²) in [6.45, 7) is 7.56. The normalized spacial score (nSPS) is 11.1. The lowest BCUT2D eigenvalue weighted by molar-refractivity contribution is 0.184. The number of hydrogen-bond donors (Lipinski definition) is 1. The highest BCUT2D eigenvalue weighted by Crippen LogP contribution is 2.26. The van der Waals surface area contributed by atoms with E-state index in [-0.39, 0.29) is 0 Å². The first-order chi connectivity index (χ1) is 9.65. The van der Waals surface area contributed by atoms with E-state index in [1.54, 1.807) is 7.11 Å². The standard InChI is InChI=1S/C16H26ClNO2/c1-13(2)11-18-12-14-15(17)7-6-8-16(14)20-10-5-4-9-19-3/h6-8,13,18H,4-5,9-12H2,1-3H3. The maximum atomic E-state index is 6.27. The summed E-state index contributed by atoms with van der Waals surface area (Å²) in [5, 5.41) is 4.17. The Morgan fingerprint density at radius 3 is 2.65 bits per heavy atom. The van der Waals surface area contributed by atoms with Crippen molar-refractivity contribution in [1.82, 2.24) is 5.32 Å². The highest BCUT2D eigenvalue weighted by Gasteiger charge is 2.08. The van der Waals surface area contributed by atoms with E-state index in [1.807, 2.05) is 18.2 Å². The molecule has 1 aromatic carbocycles. The van der Waals surface area contributed by atoms with Gasteiger partial charge in [0.05, 0.1) is 6.61 Å². The number of unbranched alkanes of at least 4 members (excludes halogenated alkanes) is 1. The van der Waals surface area contributed by atoms with Crippen molar-refractivity contribution in [1.29, 1.82) is 0 Å². The van der Waals surface area contributed by atoms with Crippen LogP contribution in [0.2, 0.25) is 5.02 Å². The summed E-state index contributed by atoms with van der Waals surface area (Å²) in [5.41, 5.74) is 1.04. The fourth-order valence-electron chi connectivity index (χ4n) is 1.86.